The Hall–Kier alpha value is -1.35. The molecule has 2 saturated heterocycles. The summed E-state index contributed by atoms with van der Waals surface area (Å²) in [6.07, 6.45) is 7.80. The maximum atomic E-state index is 13.4. The monoisotopic (exact) mass is 298 g/mol. The van der Waals surface area contributed by atoms with Gasteiger partial charge in [0.15, 0.2) is 0 Å². The van der Waals surface area contributed by atoms with Crippen LogP contribution >= 0.6 is 0 Å². The minimum atomic E-state index is -0.105. The van der Waals surface area contributed by atoms with Crippen molar-refractivity contribution in [2.75, 3.05) is 13.1 Å². The molecule has 2 atom stereocenters. The minimum Gasteiger partial charge on any atom is -0.335 e. The first-order valence-corrected chi connectivity index (χ1v) is 8.86. The van der Waals surface area contributed by atoms with Crippen LogP contribution in [-0.2, 0) is 11.2 Å². The van der Waals surface area contributed by atoms with Crippen LogP contribution in [0.4, 0.5) is 0 Å². The van der Waals surface area contributed by atoms with Gasteiger partial charge in [0.2, 0.25) is 5.91 Å². The number of nitrogens with one attached hydrogen (secondary N) is 1. The van der Waals surface area contributed by atoms with Gasteiger partial charge in [-0.05, 0) is 50.6 Å². The fourth-order valence-electron chi connectivity index (χ4n) is 4.64. The van der Waals surface area contributed by atoms with Gasteiger partial charge in [-0.3, -0.25) is 4.79 Å². The summed E-state index contributed by atoms with van der Waals surface area (Å²) in [6.45, 7) is 2.06. The smallest absolute Gasteiger partial charge is 0.229 e. The summed E-state index contributed by atoms with van der Waals surface area (Å²) in [7, 11) is 0. The molecule has 2 aliphatic heterocycles. The second-order valence-electron chi connectivity index (χ2n) is 7.39. The summed E-state index contributed by atoms with van der Waals surface area (Å²) in [5.74, 6) is 0.457. The van der Waals surface area contributed by atoms with Gasteiger partial charge in [0, 0.05) is 18.6 Å². The first-order chi connectivity index (χ1) is 10.8. The van der Waals surface area contributed by atoms with Crippen molar-refractivity contribution < 1.29 is 4.79 Å². The lowest BCUT2D eigenvalue weighted by Crippen LogP contribution is -2.53. The van der Waals surface area contributed by atoms with Crippen LogP contribution in [0.2, 0.25) is 0 Å². The summed E-state index contributed by atoms with van der Waals surface area (Å²) in [5, 5.41) is 3.51. The molecular weight excluding hydrogens is 272 g/mol. The van der Waals surface area contributed by atoms with E-state index in [1.807, 2.05) is 0 Å². The van der Waals surface area contributed by atoms with Crippen LogP contribution in [0.3, 0.4) is 0 Å². The van der Waals surface area contributed by atoms with Crippen LogP contribution in [0.25, 0.3) is 0 Å². The van der Waals surface area contributed by atoms with Crippen molar-refractivity contribution in [3.63, 3.8) is 0 Å². The average molecular weight is 298 g/mol. The van der Waals surface area contributed by atoms with Crippen LogP contribution < -0.4 is 5.32 Å². The van der Waals surface area contributed by atoms with Crippen LogP contribution in [-0.4, -0.2) is 36.0 Å². The topological polar surface area (TPSA) is 32.3 Å². The lowest BCUT2D eigenvalue weighted by Gasteiger charge is -2.45. The Balaban J connectivity index is 1.57. The number of hydrogen-bond donors (Lipinski definition) is 1. The highest BCUT2D eigenvalue weighted by atomic mass is 16.2. The molecule has 1 aromatic carbocycles. The zero-order valence-electron chi connectivity index (χ0n) is 13.3. The minimum absolute atomic E-state index is 0.105. The number of rotatable bonds is 3. The number of amides is 1. The van der Waals surface area contributed by atoms with E-state index >= 15 is 0 Å². The van der Waals surface area contributed by atoms with Gasteiger partial charge in [0.25, 0.3) is 0 Å². The number of nitrogens with zero attached hydrogens (tertiary/aromatic N) is 1. The van der Waals surface area contributed by atoms with Crippen molar-refractivity contribution in [2.24, 2.45) is 5.41 Å². The normalized spacial score (nSPS) is 29.7. The molecule has 22 heavy (non-hydrogen) atoms. The van der Waals surface area contributed by atoms with Crippen molar-refractivity contribution in [3.05, 3.63) is 35.9 Å². The predicted molar refractivity (Wildman–Crippen MR) is 87.6 cm³/mol. The predicted octanol–water partition coefficient (Wildman–Crippen LogP) is 2.75. The van der Waals surface area contributed by atoms with Crippen molar-refractivity contribution in [1.82, 2.24) is 10.2 Å². The van der Waals surface area contributed by atoms with E-state index in [9.17, 15) is 4.79 Å². The third-order valence-electron chi connectivity index (χ3n) is 6.04. The second kappa shape index (κ2) is 5.69. The Bertz CT molecular complexity index is 524. The third kappa shape index (κ3) is 2.36. The maximum absolute atomic E-state index is 13.4. The molecule has 2 unspecified atom stereocenters. The van der Waals surface area contributed by atoms with Gasteiger partial charge >= 0.3 is 0 Å². The first-order valence-electron chi connectivity index (χ1n) is 8.86. The number of carbonyl (C=O) groups is 1. The highest BCUT2D eigenvalue weighted by Crippen LogP contribution is 2.47. The van der Waals surface area contributed by atoms with E-state index in [2.05, 4.69) is 40.5 Å². The Morgan fingerprint density at radius 1 is 1.14 bits per heavy atom. The molecule has 3 aliphatic rings. The SMILES string of the molecule is O=C(N1C2CCNCC1CC2)C1(Cc2ccccc2)CCC1. The largest absolute Gasteiger partial charge is 0.335 e. The van der Waals surface area contributed by atoms with Gasteiger partial charge in [-0.2, -0.15) is 0 Å². The lowest BCUT2D eigenvalue weighted by atomic mass is 9.64. The van der Waals surface area contributed by atoms with Crippen molar-refractivity contribution in [2.45, 2.75) is 57.0 Å². The Labute approximate surface area is 133 Å². The van der Waals surface area contributed by atoms with E-state index in [0.29, 0.717) is 18.0 Å². The van der Waals surface area contributed by atoms with Crippen molar-refractivity contribution >= 4 is 5.91 Å². The molecular formula is C19H26N2O. The van der Waals surface area contributed by atoms with E-state index in [-0.39, 0.29) is 5.41 Å². The zero-order valence-corrected chi connectivity index (χ0v) is 13.3. The second-order valence-corrected chi connectivity index (χ2v) is 7.39. The summed E-state index contributed by atoms with van der Waals surface area (Å²) in [6, 6.07) is 11.5. The van der Waals surface area contributed by atoms with Gasteiger partial charge in [-0.15, -0.1) is 0 Å². The molecule has 1 aliphatic carbocycles. The third-order valence-corrected chi connectivity index (χ3v) is 6.04. The Morgan fingerprint density at radius 3 is 2.64 bits per heavy atom. The quantitative estimate of drug-likeness (QED) is 0.930. The number of fused-ring (bicyclic) bond motifs is 2. The molecule has 3 nitrogen and oxygen atoms in total. The van der Waals surface area contributed by atoms with Crippen LogP contribution in [0.1, 0.15) is 44.1 Å². The molecule has 4 rings (SSSR count). The molecule has 1 amide bonds. The molecule has 3 heteroatoms. The van der Waals surface area contributed by atoms with Gasteiger partial charge in [0.1, 0.15) is 0 Å². The van der Waals surface area contributed by atoms with Crippen LogP contribution in [0, 0.1) is 5.41 Å². The fourth-order valence-corrected chi connectivity index (χ4v) is 4.64. The molecule has 0 radical (unpaired) electrons. The first kappa shape index (κ1) is 14.3. The highest BCUT2D eigenvalue weighted by molar-refractivity contribution is 5.85. The molecule has 3 fully saturated rings. The van der Waals surface area contributed by atoms with E-state index in [1.165, 1.54) is 24.8 Å². The average Bonchev–Trinajstić information content (AvgIpc) is 2.76. The lowest BCUT2D eigenvalue weighted by molar-refractivity contribution is -0.150. The summed E-state index contributed by atoms with van der Waals surface area (Å²) < 4.78 is 0. The molecule has 1 N–H and O–H groups in total. The molecule has 0 aromatic heterocycles. The molecule has 2 heterocycles. The molecule has 118 valence electrons. The van der Waals surface area contributed by atoms with E-state index in [4.69, 9.17) is 0 Å². The van der Waals surface area contributed by atoms with Gasteiger partial charge < -0.3 is 10.2 Å². The van der Waals surface area contributed by atoms with Crippen LogP contribution in [0.15, 0.2) is 30.3 Å². The van der Waals surface area contributed by atoms with E-state index in [0.717, 1.165) is 38.8 Å². The molecule has 2 bridgehead atoms. The Kier molecular flexibility index (Phi) is 3.69. The van der Waals surface area contributed by atoms with Crippen LogP contribution in [0.5, 0.6) is 0 Å². The molecule has 1 saturated carbocycles. The van der Waals surface area contributed by atoms with Gasteiger partial charge in [-0.25, -0.2) is 0 Å². The number of carbonyl (C=O) groups excluding carboxylic acids is 1. The summed E-state index contributed by atoms with van der Waals surface area (Å²) >= 11 is 0. The fraction of sp³-hybridized carbons (Fsp3) is 0.632. The van der Waals surface area contributed by atoms with E-state index in [1.54, 1.807) is 0 Å². The van der Waals surface area contributed by atoms with Crippen molar-refractivity contribution in [3.8, 4) is 0 Å². The zero-order chi connectivity index (χ0) is 15.0. The number of hydrogen-bond acceptors (Lipinski definition) is 2. The Morgan fingerprint density at radius 2 is 1.91 bits per heavy atom. The maximum Gasteiger partial charge on any atom is 0.229 e. The molecule has 0 spiro atoms. The highest BCUT2D eigenvalue weighted by Gasteiger charge is 2.50. The van der Waals surface area contributed by atoms with E-state index < -0.39 is 0 Å². The number of benzene rings is 1. The van der Waals surface area contributed by atoms with Gasteiger partial charge in [-0.1, -0.05) is 36.8 Å². The summed E-state index contributed by atoms with van der Waals surface area (Å²) in [4.78, 5) is 15.7. The standard InChI is InChI=1S/C19H26N2O/c22-18(21-16-7-8-17(21)14-20-12-9-16)19(10-4-11-19)13-15-5-2-1-3-6-15/h1-3,5-6,16-17,20H,4,7-14H2. The van der Waals surface area contributed by atoms with Crippen molar-refractivity contribution in [1.29, 1.82) is 0 Å². The molecule has 1 aromatic rings. The van der Waals surface area contributed by atoms with Gasteiger partial charge in [0.05, 0.1) is 5.41 Å². The summed E-state index contributed by atoms with van der Waals surface area (Å²) in [5.41, 5.74) is 1.21.